The average molecular weight is 866 g/mol. The van der Waals surface area contributed by atoms with Gasteiger partial charge < -0.3 is 20.3 Å². The van der Waals surface area contributed by atoms with Gasteiger partial charge >= 0.3 is 5.97 Å². The number of hydrogen-bond donors (Lipinski definition) is 3. The van der Waals surface area contributed by atoms with Gasteiger partial charge in [-0.3, -0.25) is 9.59 Å². The fourth-order valence-electron chi connectivity index (χ4n) is 7.67. The van der Waals surface area contributed by atoms with Crippen LogP contribution in [0.25, 0.3) is 0 Å². The number of allylic oxidation sites excluding steroid dienone is 12. The second-order valence-corrected chi connectivity index (χ2v) is 17.7. The van der Waals surface area contributed by atoms with Crippen LogP contribution in [-0.2, 0) is 14.3 Å². The molecular weight excluding hydrogens is 767 g/mol. The molecule has 3 N–H and O–H groups in total. The number of aliphatic hydroxyl groups excluding tert-OH is 2. The van der Waals surface area contributed by atoms with Crippen molar-refractivity contribution in [1.82, 2.24) is 5.32 Å². The van der Waals surface area contributed by atoms with Crippen molar-refractivity contribution in [3.63, 3.8) is 0 Å². The normalized spacial score (nSPS) is 13.8. The lowest BCUT2D eigenvalue weighted by Gasteiger charge is -2.24. The van der Waals surface area contributed by atoms with Gasteiger partial charge in [0.15, 0.2) is 0 Å². The van der Waals surface area contributed by atoms with Crippen LogP contribution >= 0.6 is 0 Å². The van der Waals surface area contributed by atoms with Crippen molar-refractivity contribution >= 4 is 11.9 Å². The van der Waals surface area contributed by atoms with E-state index in [1.165, 1.54) is 128 Å². The summed E-state index contributed by atoms with van der Waals surface area (Å²) in [4.78, 5) is 26.1. The zero-order valence-corrected chi connectivity index (χ0v) is 40.7. The topological polar surface area (TPSA) is 95.9 Å². The zero-order chi connectivity index (χ0) is 45.2. The van der Waals surface area contributed by atoms with Gasteiger partial charge in [-0.1, -0.05) is 241 Å². The van der Waals surface area contributed by atoms with Gasteiger partial charge in [-0.2, -0.15) is 0 Å². The standard InChI is InChI=1S/C56H99NO5/c1-4-7-10-13-16-19-22-24-26-28-30-33-36-39-42-45-48-54(59)53(51-58)57-55(60)50-52(47-44-41-38-35-32-21-18-15-12-9-6-3)62-56(61)49-46-43-40-37-34-31-29-27-25-23-20-17-14-11-8-5-2/h9,12,15,18,21,27,29,31-32,34-35,38,52-54,58-59H,4-8,10-11,13-14,16-17,19-20,22-26,28,30,33,36-37,39-51H2,1-3H3,(H,57,60)/b12-9+,18-15+,29-27+,32-21-,34-31+,38-35-. The first kappa shape index (κ1) is 59.3. The summed E-state index contributed by atoms with van der Waals surface area (Å²) < 4.78 is 5.88. The summed E-state index contributed by atoms with van der Waals surface area (Å²) >= 11 is 0. The molecule has 62 heavy (non-hydrogen) atoms. The Kier molecular flexibility index (Phi) is 47.2. The molecule has 6 heteroatoms. The summed E-state index contributed by atoms with van der Waals surface area (Å²) in [5.41, 5.74) is 0. The first-order valence-corrected chi connectivity index (χ1v) is 26.2. The Balaban J connectivity index is 4.60. The maximum absolute atomic E-state index is 13.2. The number of carbonyl (C=O) groups excluding carboxylic acids is 2. The summed E-state index contributed by atoms with van der Waals surface area (Å²) in [7, 11) is 0. The molecule has 0 aromatic carbocycles. The molecule has 0 aliphatic rings. The van der Waals surface area contributed by atoms with E-state index in [9.17, 15) is 19.8 Å². The predicted octanol–water partition coefficient (Wildman–Crippen LogP) is 15.8. The van der Waals surface area contributed by atoms with Crippen molar-refractivity contribution < 1.29 is 24.5 Å². The lowest BCUT2D eigenvalue weighted by Crippen LogP contribution is -2.46. The summed E-state index contributed by atoms with van der Waals surface area (Å²) in [5, 5.41) is 23.7. The SMILES string of the molecule is CC/C=C/C=C/C=C\C=C/CCCC(CC(=O)NC(CO)C(O)CCCCCCCCCCCCCCCCCC)OC(=O)CCCCC/C=C/C=C/CCCCCCCCC. The van der Waals surface area contributed by atoms with Crippen LogP contribution in [0.5, 0.6) is 0 Å². The molecule has 0 heterocycles. The number of hydrogen-bond acceptors (Lipinski definition) is 5. The van der Waals surface area contributed by atoms with Crippen LogP contribution in [0.15, 0.2) is 72.9 Å². The lowest BCUT2D eigenvalue weighted by atomic mass is 10.0. The number of amides is 1. The molecule has 0 aliphatic carbocycles. The van der Waals surface area contributed by atoms with Crippen LogP contribution in [-0.4, -0.2) is 46.9 Å². The Morgan fingerprint density at radius 2 is 0.887 bits per heavy atom. The molecule has 0 saturated carbocycles. The van der Waals surface area contributed by atoms with Gasteiger partial charge in [-0.15, -0.1) is 0 Å². The zero-order valence-electron chi connectivity index (χ0n) is 40.7. The van der Waals surface area contributed by atoms with Crippen molar-refractivity contribution in [1.29, 1.82) is 0 Å². The molecule has 0 spiro atoms. The van der Waals surface area contributed by atoms with Gasteiger partial charge in [-0.05, 0) is 64.2 Å². The molecule has 358 valence electrons. The van der Waals surface area contributed by atoms with Crippen LogP contribution in [0, 0.1) is 0 Å². The van der Waals surface area contributed by atoms with Crippen LogP contribution in [0.4, 0.5) is 0 Å². The quantitative estimate of drug-likeness (QED) is 0.0322. The highest BCUT2D eigenvalue weighted by Gasteiger charge is 2.24. The van der Waals surface area contributed by atoms with Gasteiger partial charge in [-0.25, -0.2) is 0 Å². The third-order valence-electron chi connectivity index (χ3n) is 11.6. The summed E-state index contributed by atoms with van der Waals surface area (Å²) in [6.45, 7) is 6.31. The maximum atomic E-state index is 13.2. The highest BCUT2D eigenvalue weighted by Crippen LogP contribution is 2.17. The van der Waals surface area contributed by atoms with Crippen LogP contribution < -0.4 is 5.32 Å². The summed E-state index contributed by atoms with van der Waals surface area (Å²) in [6, 6.07) is -0.730. The van der Waals surface area contributed by atoms with Gasteiger partial charge in [0.1, 0.15) is 6.10 Å². The number of nitrogens with one attached hydrogen (secondary N) is 1. The minimum atomic E-state index is -0.812. The lowest BCUT2D eigenvalue weighted by molar-refractivity contribution is -0.151. The van der Waals surface area contributed by atoms with Crippen LogP contribution in [0.2, 0.25) is 0 Å². The molecule has 0 aliphatic heterocycles. The Morgan fingerprint density at radius 1 is 0.484 bits per heavy atom. The molecule has 0 rings (SSSR count). The summed E-state index contributed by atoms with van der Waals surface area (Å²) in [5.74, 6) is -0.574. The van der Waals surface area contributed by atoms with Crippen molar-refractivity contribution in [2.24, 2.45) is 0 Å². The van der Waals surface area contributed by atoms with Crippen LogP contribution in [0.1, 0.15) is 245 Å². The minimum Gasteiger partial charge on any atom is -0.462 e. The third-order valence-corrected chi connectivity index (χ3v) is 11.6. The fourth-order valence-corrected chi connectivity index (χ4v) is 7.67. The molecule has 0 fully saturated rings. The van der Waals surface area contributed by atoms with Gasteiger partial charge in [0.25, 0.3) is 0 Å². The highest BCUT2D eigenvalue weighted by molar-refractivity contribution is 5.77. The first-order chi connectivity index (χ1) is 30.5. The number of ether oxygens (including phenoxy) is 1. The van der Waals surface area contributed by atoms with Crippen molar-refractivity contribution in [3.05, 3.63) is 72.9 Å². The van der Waals surface area contributed by atoms with E-state index in [2.05, 4.69) is 62.5 Å². The second-order valence-electron chi connectivity index (χ2n) is 17.7. The van der Waals surface area contributed by atoms with Crippen LogP contribution in [0.3, 0.4) is 0 Å². The number of aliphatic hydroxyl groups is 2. The first-order valence-electron chi connectivity index (χ1n) is 26.2. The van der Waals surface area contributed by atoms with E-state index in [-0.39, 0.29) is 24.9 Å². The number of rotatable bonds is 46. The Bertz CT molecular complexity index is 1150. The minimum absolute atomic E-state index is 0.0188. The molecule has 6 nitrogen and oxygen atoms in total. The van der Waals surface area contributed by atoms with Gasteiger partial charge in [0.05, 0.1) is 25.2 Å². The molecule has 3 unspecified atom stereocenters. The molecule has 1 amide bonds. The second kappa shape index (κ2) is 49.3. The fraction of sp³-hybridized carbons (Fsp3) is 0.750. The Hall–Kier alpha value is -2.70. The Labute approximate surface area is 383 Å². The molecular formula is C56H99NO5. The van der Waals surface area contributed by atoms with E-state index >= 15 is 0 Å². The molecule has 3 atom stereocenters. The highest BCUT2D eigenvalue weighted by atomic mass is 16.5. The van der Waals surface area contributed by atoms with E-state index < -0.39 is 18.2 Å². The monoisotopic (exact) mass is 866 g/mol. The Morgan fingerprint density at radius 3 is 1.37 bits per heavy atom. The molecule has 0 bridgehead atoms. The smallest absolute Gasteiger partial charge is 0.306 e. The molecule has 0 saturated heterocycles. The number of esters is 1. The van der Waals surface area contributed by atoms with E-state index in [1.807, 2.05) is 36.5 Å². The van der Waals surface area contributed by atoms with E-state index in [0.717, 1.165) is 70.6 Å². The average Bonchev–Trinajstić information content (AvgIpc) is 3.26. The van der Waals surface area contributed by atoms with Crippen molar-refractivity contribution in [3.8, 4) is 0 Å². The predicted molar refractivity (Wildman–Crippen MR) is 268 cm³/mol. The number of unbranched alkanes of at least 4 members (excludes halogenated alkanes) is 26. The van der Waals surface area contributed by atoms with Crippen molar-refractivity contribution in [2.45, 2.75) is 264 Å². The van der Waals surface area contributed by atoms with Crippen molar-refractivity contribution in [2.75, 3.05) is 6.61 Å². The molecule has 0 aromatic heterocycles. The van der Waals surface area contributed by atoms with E-state index in [4.69, 9.17) is 4.74 Å². The summed E-state index contributed by atoms with van der Waals surface area (Å²) in [6.07, 6.45) is 62.6. The van der Waals surface area contributed by atoms with E-state index in [1.54, 1.807) is 0 Å². The molecule has 0 radical (unpaired) electrons. The third kappa shape index (κ3) is 43.9. The maximum Gasteiger partial charge on any atom is 0.306 e. The molecule has 0 aromatic rings. The van der Waals surface area contributed by atoms with Gasteiger partial charge in [0, 0.05) is 6.42 Å². The largest absolute Gasteiger partial charge is 0.462 e. The number of carbonyl (C=O) groups is 2. The van der Waals surface area contributed by atoms with Gasteiger partial charge in [0.2, 0.25) is 5.91 Å². The van der Waals surface area contributed by atoms with E-state index in [0.29, 0.717) is 19.3 Å².